The number of alkyl halides is 3. The van der Waals surface area contributed by atoms with E-state index < -0.39 is 22.4 Å². The molecule has 0 unspecified atom stereocenters. The van der Waals surface area contributed by atoms with E-state index >= 15 is 0 Å². The fourth-order valence-corrected chi connectivity index (χ4v) is 1.42. The lowest BCUT2D eigenvalue weighted by Crippen LogP contribution is -2.21. The number of halogens is 3. The highest BCUT2D eigenvalue weighted by Crippen LogP contribution is 2.34. The van der Waals surface area contributed by atoms with E-state index in [-0.39, 0.29) is 5.69 Å². The lowest BCUT2D eigenvalue weighted by molar-refractivity contribution is -0.384. The molecule has 1 aromatic rings. The molecule has 0 aliphatic rings. The van der Waals surface area contributed by atoms with Gasteiger partial charge in [0.1, 0.15) is 5.69 Å². The summed E-state index contributed by atoms with van der Waals surface area (Å²) in [6.07, 6.45) is -4.59. The Kier molecular flexibility index (Phi) is 4.71. The van der Waals surface area contributed by atoms with Crippen LogP contribution in [0.2, 0.25) is 0 Å². The predicted molar refractivity (Wildman–Crippen MR) is 65.1 cm³/mol. The Morgan fingerprint density at radius 3 is 2.47 bits per heavy atom. The van der Waals surface area contributed by atoms with Crippen LogP contribution in [0.4, 0.5) is 24.5 Å². The van der Waals surface area contributed by atoms with Gasteiger partial charge in [-0.25, -0.2) is 0 Å². The van der Waals surface area contributed by atoms with Crippen molar-refractivity contribution in [3.63, 3.8) is 0 Å². The Morgan fingerprint density at radius 2 is 2.00 bits per heavy atom. The Bertz CT molecular complexity index is 461. The highest BCUT2D eigenvalue weighted by molar-refractivity contribution is 5.62. The number of likely N-dealkylation sites (N-methyl/N-ethyl adjacent to an activating group) is 1. The summed E-state index contributed by atoms with van der Waals surface area (Å²) in [4.78, 5) is 11.8. The van der Waals surface area contributed by atoms with Gasteiger partial charge in [0.2, 0.25) is 0 Å². The second-order valence-corrected chi connectivity index (χ2v) is 4.22. The predicted octanol–water partition coefficient (Wildman–Crippen LogP) is 2.59. The molecule has 0 aliphatic carbocycles. The Labute approximate surface area is 108 Å². The lowest BCUT2D eigenvalue weighted by atomic mass is 10.1. The average Bonchev–Trinajstić information content (AvgIpc) is 2.27. The van der Waals surface area contributed by atoms with Crippen molar-refractivity contribution >= 4 is 11.4 Å². The second kappa shape index (κ2) is 5.87. The zero-order chi connectivity index (χ0) is 14.6. The molecule has 0 heterocycles. The lowest BCUT2D eigenvalue weighted by Gasteiger charge is -2.12. The van der Waals surface area contributed by atoms with Crippen molar-refractivity contribution in [3.8, 4) is 0 Å². The van der Waals surface area contributed by atoms with Crippen molar-refractivity contribution in [1.29, 1.82) is 0 Å². The third-order valence-corrected chi connectivity index (χ3v) is 2.40. The molecule has 19 heavy (non-hydrogen) atoms. The first kappa shape index (κ1) is 15.2. The fourth-order valence-electron chi connectivity index (χ4n) is 1.42. The van der Waals surface area contributed by atoms with Gasteiger partial charge >= 0.3 is 6.18 Å². The molecule has 1 N–H and O–H groups in total. The number of nitrogens with one attached hydrogen (secondary N) is 1. The summed E-state index contributed by atoms with van der Waals surface area (Å²) < 4.78 is 37.4. The summed E-state index contributed by atoms with van der Waals surface area (Å²) in [5.74, 6) is 0. The van der Waals surface area contributed by atoms with Crippen molar-refractivity contribution in [2.75, 3.05) is 32.5 Å². The molecule has 0 saturated carbocycles. The van der Waals surface area contributed by atoms with Gasteiger partial charge in [0.05, 0.1) is 10.5 Å². The normalized spacial score (nSPS) is 11.7. The summed E-state index contributed by atoms with van der Waals surface area (Å²) in [7, 11) is 3.64. The van der Waals surface area contributed by atoms with Crippen LogP contribution in [-0.4, -0.2) is 37.0 Å². The van der Waals surface area contributed by atoms with E-state index in [1.807, 2.05) is 19.0 Å². The van der Waals surface area contributed by atoms with Crippen molar-refractivity contribution in [1.82, 2.24) is 4.90 Å². The van der Waals surface area contributed by atoms with E-state index in [0.717, 1.165) is 12.1 Å². The van der Waals surface area contributed by atoms with Crippen molar-refractivity contribution < 1.29 is 18.1 Å². The maximum atomic E-state index is 12.5. The summed E-state index contributed by atoms with van der Waals surface area (Å²) in [6.45, 7) is 1.01. The van der Waals surface area contributed by atoms with Gasteiger partial charge in [-0.15, -0.1) is 0 Å². The molecule has 0 atom stereocenters. The molecule has 0 amide bonds. The smallest absolute Gasteiger partial charge is 0.378 e. The molecule has 0 radical (unpaired) electrons. The zero-order valence-corrected chi connectivity index (χ0v) is 10.5. The summed E-state index contributed by atoms with van der Waals surface area (Å²) in [6, 6.07) is 2.44. The largest absolute Gasteiger partial charge is 0.416 e. The quantitative estimate of drug-likeness (QED) is 0.664. The number of nitro groups is 1. The van der Waals surface area contributed by atoms with E-state index in [0.29, 0.717) is 19.2 Å². The van der Waals surface area contributed by atoms with Crippen LogP contribution in [0.15, 0.2) is 18.2 Å². The molecule has 106 valence electrons. The minimum absolute atomic E-state index is 0.0832. The first-order valence-corrected chi connectivity index (χ1v) is 5.46. The SMILES string of the molecule is CN(C)CCNc1ccc(C(F)(F)F)cc1[N+](=O)[O-]. The summed E-state index contributed by atoms with van der Waals surface area (Å²) in [5.41, 5.74) is -1.52. The van der Waals surface area contributed by atoms with Gasteiger partial charge in [0.15, 0.2) is 0 Å². The molecule has 0 spiro atoms. The molecule has 0 aromatic heterocycles. The van der Waals surface area contributed by atoms with Gasteiger partial charge in [-0.1, -0.05) is 0 Å². The topological polar surface area (TPSA) is 58.4 Å². The zero-order valence-electron chi connectivity index (χ0n) is 10.5. The molecular weight excluding hydrogens is 263 g/mol. The number of nitrogens with zero attached hydrogens (tertiary/aromatic N) is 2. The van der Waals surface area contributed by atoms with Gasteiger partial charge in [0, 0.05) is 19.2 Å². The van der Waals surface area contributed by atoms with E-state index in [2.05, 4.69) is 5.32 Å². The first-order chi connectivity index (χ1) is 8.71. The summed E-state index contributed by atoms with van der Waals surface area (Å²) in [5, 5.41) is 13.5. The van der Waals surface area contributed by atoms with E-state index in [4.69, 9.17) is 0 Å². The minimum atomic E-state index is -4.59. The third-order valence-electron chi connectivity index (χ3n) is 2.40. The number of rotatable bonds is 5. The number of hydrogen-bond donors (Lipinski definition) is 1. The molecular formula is C11H14F3N3O2. The number of benzene rings is 1. The van der Waals surface area contributed by atoms with Crippen LogP contribution < -0.4 is 5.32 Å². The minimum Gasteiger partial charge on any atom is -0.378 e. The van der Waals surface area contributed by atoms with E-state index in [1.54, 1.807) is 0 Å². The molecule has 1 aromatic carbocycles. The van der Waals surface area contributed by atoms with Crippen LogP contribution in [-0.2, 0) is 6.18 Å². The molecule has 1 rings (SSSR count). The molecule has 8 heteroatoms. The van der Waals surface area contributed by atoms with Crippen LogP contribution in [0.25, 0.3) is 0 Å². The number of anilines is 1. The van der Waals surface area contributed by atoms with Crippen LogP contribution in [0.5, 0.6) is 0 Å². The van der Waals surface area contributed by atoms with E-state index in [9.17, 15) is 23.3 Å². The standard InChI is InChI=1S/C11H14F3N3O2/c1-16(2)6-5-15-9-4-3-8(11(12,13)14)7-10(9)17(18)19/h3-4,7,15H,5-6H2,1-2H3. The highest BCUT2D eigenvalue weighted by atomic mass is 19.4. The number of nitro benzene ring substituents is 1. The monoisotopic (exact) mass is 277 g/mol. The second-order valence-electron chi connectivity index (χ2n) is 4.22. The van der Waals surface area contributed by atoms with Crippen molar-refractivity contribution in [2.24, 2.45) is 0 Å². The van der Waals surface area contributed by atoms with Crippen molar-refractivity contribution in [2.45, 2.75) is 6.18 Å². The highest BCUT2D eigenvalue weighted by Gasteiger charge is 2.32. The number of hydrogen-bond acceptors (Lipinski definition) is 4. The fraction of sp³-hybridized carbons (Fsp3) is 0.455. The van der Waals surface area contributed by atoms with Gasteiger partial charge in [-0.3, -0.25) is 10.1 Å². The Hall–Kier alpha value is -1.83. The first-order valence-electron chi connectivity index (χ1n) is 5.46. The van der Waals surface area contributed by atoms with Crippen LogP contribution >= 0.6 is 0 Å². The molecule has 0 aliphatic heterocycles. The molecule has 0 bridgehead atoms. The van der Waals surface area contributed by atoms with E-state index in [1.165, 1.54) is 0 Å². The third kappa shape index (κ3) is 4.40. The van der Waals surface area contributed by atoms with Gasteiger partial charge in [-0.05, 0) is 26.2 Å². The van der Waals surface area contributed by atoms with Gasteiger partial charge in [-0.2, -0.15) is 13.2 Å². The maximum Gasteiger partial charge on any atom is 0.416 e. The van der Waals surface area contributed by atoms with Crippen LogP contribution in [0, 0.1) is 10.1 Å². The molecule has 0 saturated heterocycles. The van der Waals surface area contributed by atoms with Gasteiger partial charge < -0.3 is 10.2 Å². The summed E-state index contributed by atoms with van der Waals surface area (Å²) >= 11 is 0. The molecule has 0 fully saturated rings. The Morgan fingerprint density at radius 1 is 1.37 bits per heavy atom. The van der Waals surface area contributed by atoms with Crippen LogP contribution in [0.3, 0.4) is 0 Å². The van der Waals surface area contributed by atoms with Gasteiger partial charge in [0.25, 0.3) is 5.69 Å². The maximum absolute atomic E-state index is 12.5. The van der Waals surface area contributed by atoms with Crippen molar-refractivity contribution in [3.05, 3.63) is 33.9 Å². The average molecular weight is 277 g/mol. The Balaban J connectivity index is 2.96. The molecule has 5 nitrogen and oxygen atoms in total. The van der Waals surface area contributed by atoms with Crippen LogP contribution in [0.1, 0.15) is 5.56 Å².